The van der Waals surface area contributed by atoms with E-state index in [1.807, 2.05) is 0 Å². The maximum absolute atomic E-state index is 2.42. The summed E-state index contributed by atoms with van der Waals surface area (Å²) >= 11 is 0. The van der Waals surface area contributed by atoms with Gasteiger partial charge in [-0.05, 0) is 18.3 Å². The molecule has 0 amide bonds. The summed E-state index contributed by atoms with van der Waals surface area (Å²) in [5.74, 6) is 2.88. The number of fused-ring (bicyclic) bond motifs is 1. The van der Waals surface area contributed by atoms with Crippen molar-refractivity contribution in [2.45, 2.75) is 20.3 Å². The molecule has 0 N–H and O–H groups in total. The Hall–Kier alpha value is -0.260. The molecule has 0 radical (unpaired) electrons. The quantitative estimate of drug-likeness (QED) is 0.417. The molecule has 0 spiro atoms. The SMILES string of the molecule is CC1CC2=CC2C1C. The zero-order valence-electron chi connectivity index (χ0n) is 5.52. The van der Waals surface area contributed by atoms with Crippen molar-refractivity contribution in [1.82, 2.24) is 0 Å². The lowest BCUT2D eigenvalue weighted by Gasteiger charge is -2.09. The molecule has 44 valence electrons. The van der Waals surface area contributed by atoms with Crippen LogP contribution in [0.3, 0.4) is 0 Å². The molecule has 2 aliphatic carbocycles. The molecule has 8 heavy (non-hydrogen) atoms. The van der Waals surface area contributed by atoms with Crippen LogP contribution in [0.1, 0.15) is 20.3 Å². The number of allylic oxidation sites excluding steroid dienone is 2. The van der Waals surface area contributed by atoms with Crippen molar-refractivity contribution in [2.75, 3.05) is 0 Å². The Morgan fingerprint density at radius 1 is 1.50 bits per heavy atom. The first-order valence-electron chi connectivity index (χ1n) is 3.49. The summed E-state index contributed by atoms with van der Waals surface area (Å²) in [5.41, 5.74) is 1.74. The average molecular weight is 108 g/mol. The van der Waals surface area contributed by atoms with Gasteiger partial charge in [0.2, 0.25) is 0 Å². The molecule has 2 rings (SSSR count). The molecule has 0 saturated heterocycles. The van der Waals surface area contributed by atoms with E-state index in [1.54, 1.807) is 5.57 Å². The van der Waals surface area contributed by atoms with Gasteiger partial charge in [0.1, 0.15) is 0 Å². The van der Waals surface area contributed by atoms with Gasteiger partial charge in [0.15, 0.2) is 0 Å². The van der Waals surface area contributed by atoms with Crippen molar-refractivity contribution in [3.63, 3.8) is 0 Å². The van der Waals surface area contributed by atoms with Gasteiger partial charge < -0.3 is 0 Å². The highest BCUT2D eigenvalue weighted by molar-refractivity contribution is 5.34. The largest absolute Gasteiger partial charge is 0.0772 e. The number of rotatable bonds is 0. The lowest BCUT2D eigenvalue weighted by Crippen LogP contribution is -2.02. The van der Waals surface area contributed by atoms with Gasteiger partial charge in [-0.1, -0.05) is 25.5 Å². The second-order valence-electron chi connectivity index (χ2n) is 3.31. The van der Waals surface area contributed by atoms with Gasteiger partial charge in [-0.15, -0.1) is 0 Å². The van der Waals surface area contributed by atoms with Gasteiger partial charge in [-0.2, -0.15) is 0 Å². The van der Waals surface area contributed by atoms with E-state index in [-0.39, 0.29) is 0 Å². The average Bonchev–Trinajstić information content (AvgIpc) is 2.39. The summed E-state index contributed by atoms with van der Waals surface area (Å²) in [4.78, 5) is 0. The molecular formula is C8H12. The molecule has 1 saturated carbocycles. The van der Waals surface area contributed by atoms with Gasteiger partial charge in [0, 0.05) is 5.92 Å². The van der Waals surface area contributed by atoms with E-state index in [4.69, 9.17) is 0 Å². The molecule has 3 unspecified atom stereocenters. The number of hydrogen-bond acceptors (Lipinski definition) is 0. The molecule has 0 aromatic carbocycles. The second kappa shape index (κ2) is 1.18. The molecule has 0 heterocycles. The smallest absolute Gasteiger partial charge is 0.000825 e. The summed E-state index contributed by atoms with van der Waals surface area (Å²) < 4.78 is 0. The van der Waals surface area contributed by atoms with Gasteiger partial charge >= 0.3 is 0 Å². The lowest BCUT2D eigenvalue weighted by molar-refractivity contribution is 0.418. The van der Waals surface area contributed by atoms with E-state index < -0.39 is 0 Å². The third-order valence-corrected chi connectivity index (χ3v) is 2.73. The van der Waals surface area contributed by atoms with Crippen LogP contribution in [0.15, 0.2) is 11.6 Å². The zero-order valence-corrected chi connectivity index (χ0v) is 5.52. The van der Waals surface area contributed by atoms with Crippen LogP contribution in [0.4, 0.5) is 0 Å². The van der Waals surface area contributed by atoms with Crippen molar-refractivity contribution in [3.8, 4) is 0 Å². The monoisotopic (exact) mass is 108 g/mol. The molecule has 0 aliphatic heterocycles. The highest BCUT2D eigenvalue weighted by Crippen LogP contribution is 2.51. The summed E-state index contributed by atoms with van der Waals surface area (Å²) in [5, 5.41) is 0. The van der Waals surface area contributed by atoms with E-state index in [0.717, 1.165) is 17.8 Å². The van der Waals surface area contributed by atoms with E-state index in [2.05, 4.69) is 19.9 Å². The van der Waals surface area contributed by atoms with E-state index in [9.17, 15) is 0 Å². The van der Waals surface area contributed by atoms with Crippen LogP contribution in [-0.4, -0.2) is 0 Å². The molecular weight excluding hydrogens is 96.1 g/mol. The van der Waals surface area contributed by atoms with Gasteiger partial charge in [0.25, 0.3) is 0 Å². The Labute approximate surface area is 50.6 Å². The van der Waals surface area contributed by atoms with Crippen molar-refractivity contribution in [2.24, 2.45) is 17.8 Å². The summed E-state index contributed by atoms with van der Waals surface area (Å²) in [6, 6.07) is 0. The molecule has 0 nitrogen and oxygen atoms in total. The molecule has 2 aliphatic rings. The predicted molar refractivity (Wildman–Crippen MR) is 34.5 cm³/mol. The second-order valence-corrected chi connectivity index (χ2v) is 3.31. The minimum atomic E-state index is 0.949. The molecule has 0 aromatic heterocycles. The van der Waals surface area contributed by atoms with Crippen LogP contribution in [0, 0.1) is 17.8 Å². The van der Waals surface area contributed by atoms with Crippen LogP contribution in [0.5, 0.6) is 0 Å². The minimum absolute atomic E-state index is 0.949. The summed E-state index contributed by atoms with van der Waals surface area (Å²) in [7, 11) is 0. The predicted octanol–water partition coefficient (Wildman–Crippen LogP) is 2.22. The van der Waals surface area contributed by atoms with E-state index in [0.29, 0.717) is 0 Å². The molecule has 0 aromatic rings. The molecule has 1 fully saturated rings. The van der Waals surface area contributed by atoms with Gasteiger partial charge in [0.05, 0.1) is 0 Å². The Morgan fingerprint density at radius 2 is 2.25 bits per heavy atom. The van der Waals surface area contributed by atoms with Crippen LogP contribution < -0.4 is 0 Å². The van der Waals surface area contributed by atoms with E-state index in [1.165, 1.54) is 6.42 Å². The first-order chi connectivity index (χ1) is 3.79. The lowest BCUT2D eigenvalue weighted by atomic mass is 9.96. The van der Waals surface area contributed by atoms with Crippen LogP contribution >= 0.6 is 0 Å². The maximum Gasteiger partial charge on any atom is 0.000825 e. The first-order valence-corrected chi connectivity index (χ1v) is 3.49. The first kappa shape index (κ1) is 4.60. The normalized spacial score (nSPS) is 50.8. The fraction of sp³-hybridized carbons (Fsp3) is 0.750. The summed E-state index contributed by atoms with van der Waals surface area (Å²) in [6.45, 7) is 4.73. The fourth-order valence-electron chi connectivity index (χ4n) is 1.79. The summed E-state index contributed by atoms with van der Waals surface area (Å²) in [6.07, 6.45) is 3.82. The molecule has 0 bridgehead atoms. The Bertz CT molecular complexity index is 144. The van der Waals surface area contributed by atoms with Crippen LogP contribution in [0.2, 0.25) is 0 Å². The highest BCUT2D eigenvalue weighted by atomic mass is 14.4. The third-order valence-electron chi connectivity index (χ3n) is 2.73. The van der Waals surface area contributed by atoms with Crippen molar-refractivity contribution >= 4 is 0 Å². The van der Waals surface area contributed by atoms with Crippen molar-refractivity contribution in [1.29, 1.82) is 0 Å². The van der Waals surface area contributed by atoms with Crippen LogP contribution in [-0.2, 0) is 0 Å². The topological polar surface area (TPSA) is 0 Å². The minimum Gasteiger partial charge on any atom is -0.0772 e. The Kier molecular flexibility index (Phi) is 0.677. The molecule has 0 heteroatoms. The van der Waals surface area contributed by atoms with Crippen molar-refractivity contribution < 1.29 is 0 Å². The molecule has 3 atom stereocenters. The third kappa shape index (κ3) is 0.410. The van der Waals surface area contributed by atoms with Crippen LogP contribution in [0.25, 0.3) is 0 Å². The highest BCUT2D eigenvalue weighted by Gasteiger charge is 2.40. The van der Waals surface area contributed by atoms with E-state index >= 15 is 0 Å². The standard InChI is InChI=1S/C8H12/c1-5-3-7-4-8(7)6(5)2/h4-6,8H,3H2,1-2H3. The van der Waals surface area contributed by atoms with Crippen molar-refractivity contribution in [3.05, 3.63) is 11.6 Å². The zero-order chi connectivity index (χ0) is 5.72. The van der Waals surface area contributed by atoms with Gasteiger partial charge in [-0.25, -0.2) is 0 Å². The maximum atomic E-state index is 2.42. The van der Waals surface area contributed by atoms with Gasteiger partial charge in [-0.3, -0.25) is 0 Å². The fourth-order valence-corrected chi connectivity index (χ4v) is 1.79. The Balaban J connectivity index is 2.15. The Morgan fingerprint density at radius 3 is 2.50 bits per heavy atom. The number of hydrogen-bond donors (Lipinski definition) is 0.